The van der Waals surface area contributed by atoms with E-state index in [1.54, 1.807) is 18.5 Å². The maximum atomic E-state index is 11.3. The van der Waals surface area contributed by atoms with Crippen LogP contribution in [-0.4, -0.2) is 21.8 Å². The number of hydrogen-bond acceptors (Lipinski definition) is 4. The zero-order valence-electron chi connectivity index (χ0n) is 15.4. The highest BCUT2D eigenvalue weighted by atomic mass is 16.2. The highest BCUT2D eigenvalue weighted by Gasteiger charge is 2.07. The Labute approximate surface area is 149 Å². The average molecular weight is 342 g/mol. The van der Waals surface area contributed by atoms with E-state index in [1.165, 1.54) is 0 Å². The van der Waals surface area contributed by atoms with Gasteiger partial charge in [0.15, 0.2) is 0 Å². The van der Waals surface area contributed by atoms with Crippen molar-refractivity contribution in [1.29, 1.82) is 0 Å². The lowest BCUT2D eigenvalue weighted by Crippen LogP contribution is -2.18. The van der Waals surface area contributed by atoms with Crippen molar-refractivity contribution in [2.75, 3.05) is 10.6 Å². The predicted molar refractivity (Wildman–Crippen MR) is 100 cm³/mol. The van der Waals surface area contributed by atoms with Gasteiger partial charge >= 0.3 is 0 Å². The predicted octanol–water partition coefficient (Wildman–Crippen LogP) is 3.66. The van der Waals surface area contributed by atoms with E-state index in [-0.39, 0.29) is 23.7 Å². The maximum absolute atomic E-state index is 11.3. The highest BCUT2D eigenvalue weighted by molar-refractivity contribution is 5.91. The van der Waals surface area contributed by atoms with Gasteiger partial charge in [-0.3, -0.25) is 9.59 Å². The Morgan fingerprint density at radius 1 is 0.840 bits per heavy atom. The first-order chi connectivity index (χ1) is 11.8. The lowest BCUT2D eigenvalue weighted by molar-refractivity contribution is -0.119. The first-order valence-electron chi connectivity index (χ1n) is 8.25. The molecule has 0 aliphatic carbocycles. The van der Waals surface area contributed by atoms with Crippen LogP contribution in [-0.2, 0) is 9.59 Å². The summed E-state index contributed by atoms with van der Waals surface area (Å²) in [6.45, 7) is 9.36. The Balaban J connectivity index is 0.000000251. The van der Waals surface area contributed by atoms with Crippen molar-refractivity contribution in [3.05, 3.63) is 48.3 Å². The van der Waals surface area contributed by atoms with Crippen LogP contribution in [0.15, 0.2) is 42.7 Å². The van der Waals surface area contributed by atoms with E-state index >= 15 is 0 Å². The molecule has 2 amide bonds. The zero-order valence-corrected chi connectivity index (χ0v) is 15.4. The molecule has 6 nitrogen and oxygen atoms in total. The number of nitrogens with zero attached hydrogens (tertiary/aromatic N) is 2. The monoisotopic (exact) mass is 342 g/mol. The lowest BCUT2D eigenvalue weighted by atomic mass is 10.2. The minimum atomic E-state index is -0.0117. The number of aryl methyl sites for hydroxylation is 1. The molecule has 0 aromatic carbocycles. The van der Waals surface area contributed by atoms with Crippen molar-refractivity contribution < 1.29 is 9.59 Å². The second kappa shape index (κ2) is 10.2. The lowest BCUT2D eigenvalue weighted by Gasteiger charge is -2.06. The third kappa shape index (κ3) is 8.06. The molecule has 2 aromatic rings. The summed E-state index contributed by atoms with van der Waals surface area (Å²) in [6.07, 6.45) is 3.33. The minimum Gasteiger partial charge on any atom is -0.310 e. The van der Waals surface area contributed by atoms with Gasteiger partial charge in [0.05, 0.1) is 0 Å². The molecule has 0 spiro atoms. The van der Waals surface area contributed by atoms with Gasteiger partial charge < -0.3 is 10.6 Å². The van der Waals surface area contributed by atoms with Gasteiger partial charge in [0, 0.05) is 24.2 Å². The Bertz CT molecular complexity index is 685. The van der Waals surface area contributed by atoms with Crippen LogP contribution in [0.1, 0.15) is 33.3 Å². The molecule has 2 rings (SSSR count). The van der Waals surface area contributed by atoms with Crippen LogP contribution < -0.4 is 10.6 Å². The Kier molecular flexibility index (Phi) is 8.26. The highest BCUT2D eigenvalue weighted by Crippen LogP contribution is 2.07. The van der Waals surface area contributed by atoms with Crippen LogP contribution in [0.3, 0.4) is 0 Å². The van der Waals surface area contributed by atoms with E-state index in [4.69, 9.17) is 0 Å². The number of rotatable bonds is 4. The molecule has 134 valence electrons. The van der Waals surface area contributed by atoms with E-state index in [9.17, 15) is 9.59 Å². The van der Waals surface area contributed by atoms with Gasteiger partial charge in [0.25, 0.3) is 0 Å². The summed E-state index contributed by atoms with van der Waals surface area (Å²) in [5.41, 5.74) is 1.09. The van der Waals surface area contributed by atoms with Crippen LogP contribution in [0.4, 0.5) is 11.6 Å². The molecule has 0 aliphatic heterocycles. The van der Waals surface area contributed by atoms with Crippen LogP contribution in [0.25, 0.3) is 0 Å². The fraction of sp³-hybridized carbons (Fsp3) is 0.368. The molecule has 2 heterocycles. The van der Waals surface area contributed by atoms with Gasteiger partial charge in [-0.25, -0.2) is 9.97 Å². The summed E-state index contributed by atoms with van der Waals surface area (Å²) in [7, 11) is 0. The molecule has 0 unspecified atom stereocenters. The third-order valence-electron chi connectivity index (χ3n) is 3.13. The van der Waals surface area contributed by atoms with Crippen LogP contribution in [0.2, 0.25) is 0 Å². The number of hydrogen-bond donors (Lipinski definition) is 2. The number of anilines is 2. The van der Waals surface area contributed by atoms with E-state index in [0.717, 1.165) is 5.56 Å². The number of aromatic nitrogens is 2. The number of carbonyl (C=O) groups excluding carboxylic acids is 2. The first kappa shape index (κ1) is 20.3. The van der Waals surface area contributed by atoms with E-state index in [1.807, 2.05) is 58.9 Å². The van der Waals surface area contributed by atoms with Crippen molar-refractivity contribution in [3.63, 3.8) is 0 Å². The van der Waals surface area contributed by atoms with Gasteiger partial charge in [0.2, 0.25) is 11.8 Å². The second-order valence-electron chi connectivity index (χ2n) is 6.22. The van der Waals surface area contributed by atoms with Gasteiger partial charge in [-0.05, 0) is 36.8 Å². The molecule has 25 heavy (non-hydrogen) atoms. The minimum absolute atomic E-state index is 0.00176. The Morgan fingerprint density at radius 2 is 1.40 bits per heavy atom. The summed E-state index contributed by atoms with van der Waals surface area (Å²) in [4.78, 5) is 30.4. The fourth-order valence-corrected chi connectivity index (χ4v) is 1.58. The fourth-order valence-electron chi connectivity index (χ4n) is 1.58. The molecule has 0 fully saturated rings. The van der Waals surface area contributed by atoms with Crippen LogP contribution in [0, 0.1) is 18.8 Å². The number of nitrogens with one attached hydrogen (secondary N) is 2. The second-order valence-corrected chi connectivity index (χ2v) is 6.22. The summed E-state index contributed by atoms with van der Waals surface area (Å²) in [6, 6.07) is 9.15. The molecular formula is C19H26N4O2. The SMILES string of the molecule is CC(C)C(=O)Nc1ccccn1.Cc1ccnc(NC(=O)C(C)C)c1. The van der Waals surface area contributed by atoms with E-state index in [0.29, 0.717) is 11.6 Å². The smallest absolute Gasteiger partial charge is 0.228 e. The number of amides is 2. The van der Waals surface area contributed by atoms with Crippen molar-refractivity contribution in [1.82, 2.24) is 9.97 Å². The standard InChI is InChI=1S/C10H14N2O.C9H12N2O/c1-7(2)10(13)12-9-6-8(3)4-5-11-9;1-7(2)9(12)11-8-5-3-4-6-10-8/h4-7H,1-3H3,(H,11,12,13);3-7H,1-2H3,(H,10,11,12). The quantitative estimate of drug-likeness (QED) is 0.888. The molecular weight excluding hydrogens is 316 g/mol. The third-order valence-corrected chi connectivity index (χ3v) is 3.13. The Morgan fingerprint density at radius 3 is 1.88 bits per heavy atom. The van der Waals surface area contributed by atoms with E-state index in [2.05, 4.69) is 20.6 Å². The molecule has 0 saturated heterocycles. The normalized spacial score (nSPS) is 10.0. The number of carbonyl (C=O) groups is 2. The largest absolute Gasteiger partial charge is 0.310 e. The Hall–Kier alpha value is -2.76. The van der Waals surface area contributed by atoms with Gasteiger partial charge in [0.1, 0.15) is 11.6 Å². The van der Waals surface area contributed by atoms with Gasteiger partial charge in [-0.1, -0.05) is 33.8 Å². The van der Waals surface area contributed by atoms with Crippen LogP contribution >= 0.6 is 0 Å². The zero-order chi connectivity index (χ0) is 18.8. The molecule has 0 radical (unpaired) electrons. The van der Waals surface area contributed by atoms with E-state index < -0.39 is 0 Å². The average Bonchev–Trinajstić information content (AvgIpc) is 2.56. The maximum Gasteiger partial charge on any atom is 0.228 e. The van der Waals surface area contributed by atoms with Crippen molar-refractivity contribution in [2.45, 2.75) is 34.6 Å². The van der Waals surface area contributed by atoms with Gasteiger partial charge in [-0.2, -0.15) is 0 Å². The molecule has 0 saturated carbocycles. The molecule has 0 atom stereocenters. The molecule has 0 aliphatic rings. The van der Waals surface area contributed by atoms with Crippen LogP contribution in [0.5, 0.6) is 0 Å². The van der Waals surface area contributed by atoms with Crippen molar-refractivity contribution >= 4 is 23.5 Å². The molecule has 6 heteroatoms. The molecule has 0 bridgehead atoms. The summed E-state index contributed by atoms with van der Waals surface area (Å²) < 4.78 is 0. The first-order valence-corrected chi connectivity index (χ1v) is 8.25. The molecule has 2 N–H and O–H groups in total. The summed E-state index contributed by atoms with van der Waals surface area (Å²) in [5.74, 6) is 1.20. The number of pyridine rings is 2. The summed E-state index contributed by atoms with van der Waals surface area (Å²) >= 11 is 0. The van der Waals surface area contributed by atoms with Crippen molar-refractivity contribution in [2.24, 2.45) is 11.8 Å². The van der Waals surface area contributed by atoms with Crippen molar-refractivity contribution in [3.8, 4) is 0 Å². The topological polar surface area (TPSA) is 84.0 Å². The summed E-state index contributed by atoms with van der Waals surface area (Å²) in [5, 5.41) is 5.42. The molecule has 2 aromatic heterocycles. The van der Waals surface area contributed by atoms with Gasteiger partial charge in [-0.15, -0.1) is 0 Å².